The number of carboxylic acids is 1. The molecule has 1 aromatic carbocycles. The minimum Gasteiger partial charge on any atom is -0.494 e. The van der Waals surface area contributed by atoms with E-state index in [0.29, 0.717) is 12.5 Å². The first-order chi connectivity index (χ1) is 14.2. The van der Waals surface area contributed by atoms with Crippen molar-refractivity contribution in [3.8, 4) is 5.75 Å². The average Bonchev–Trinajstić information content (AvgIpc) is 3.34. The number of imidazole rings is 1. The fourth-order valence-electron chi connectivity index (χ4n) is 4.02. The van der Waals surface area contributed by atoms with E-state index >= 15 is 0 Å². The molecular formula is C23H33N3O3. The summed E-state index contributed by atoms with van der Waals surface area (Å²) in [6.07, 6.45) is 13.2. The van der Waals surface area contributed by atoms with Crippen LogP contribution in [0.1, 0.15) is 63.4 Å². The Labute approximate surface area is 173 Å². The number of fused-ring (bicyclic) bond motifs is 1. The maximum absolute atomic E-state index is 11.0. The Morgan fingerprint density at radius 1 is 1.24 bits per heavy atom. The molecule has 1 N–H and O–H groups in total. The number of anilines is 1. The van der Waals surface area contributed by atoms with Crippen LogP contribution in [0.25, 0.3) is 0 Å². The van der Waals surface area contributed by atoms with E-state index < -0.39 is 5.97 Å². The Morgan fingerprint density at radius 3 is 2.83 bits per heavy atom. The lowest BCUT2D eigenvalue weighted by Crippen LogP contribution is -2.25. The summed E-state index contributed by atoms with van der Waals surface area (Å²) >= 11 is 0. The van der Waals surface area contributed by atoms with Crippen molar-refractivity contribution in [3.63, 3.8) is 0 Å². The molecule has 29 heavy (non-hydrogen) atoms. The molecule has 3 rings (SSSR count). The summed E-state index contributed by atoms with van der Waals surface area (Å²) in [7, 11) is 0. The van der Waals surface area contributed by atoms with Gasteiger partial charge in [0.25, 0.3) is 0 Å². The van der Waals surface area contributed by atoms with Crippen LogP contribution in [0.15, 0.2) is 36.9 Å². The van der Waals surface area contributed by atoms with Crippen molar-refractivity contribution in [3.05, 3.63) is 42.5 Å². The molecule has 6 nitrogen and oxygen atoms in total. The Balaban J connectivity index is 1.61. The molecule has 0 radical (unpaired) electrons. The van der Waals surface area contributed by atoms with Crippen LogP contribution in [0, 0.1) is 0 Å². The van der Waals surface area contributed by atoms with E-state index in [2.05, 4.69) is 33.5 Å². The summed E-state index contributed by atoms with van der Waals surface area (Å²) in [6, 6.07) is 6.25. The molecular weight excluding hydrogens is 366 g/mol. The molecule has 1 aliphatic heterocycles. The molecule has 0 amide bonds. The van der Waals surface area contributed by atoms with Crippen molar-refractivity contribution in [2.24, 2.45) is 0 Å². The van der Waals surface area contributed by atoms with Crippen LogP contribution in [-0.4, -0.2) is 40.3 Å². The number of hydrogen-bond donors (Lipinski definition) is 1. The fourth-order valence-corrected chi connectivity index (χ4v) is 4.02. The summed E-state index contributed by atoms with van der Waals surface area (Å²) in [5.74, 6) is 0.446. The number of hydrogen-bond acceptors (Lipinski definition) is 4. The molecule has 1 aromatic heterocycles. The van der Waals surface area contributed by atoms with Crippen molar-refractivity contribution < 1.29 is 14.6 Å². The van der Waals surface area contributed by atoms with Crippen LogP contribution in [0.5, 0.6) is 5.75 Å². The van der Waals surface area contributed by atoms with E-state index in [1.165, 1.54) is 37.7 Å². The number of carbonyl (C=O) groups is 1. The van der Waals surface area contributed by atoms with Crippen LogP contribution >= 0.6 is 0 Å². The van der Waals surface area contributed by atoms with Gasteiger partial charge in [-0.3, -0.25) is 4.79 Å². The molecule has 2 heterocycles. The van der Waals surface area contributed by atoms with Gasteiger partial charge in [0.1, 0.15) is 5.75 Å². The highest BCUT2D eigenvalue weighted by Crippen LogP contribution is 2.39. The normalized spacial score (nSPS) is 15.5. The van der Waals surface area contributed by atoms with Crippen molar-refractivity contribution in [1.82, 2.24) is 9.55 Å². The Kier molecular flexibility index (Phi) is 7.96. The molecule has 0 fully saturated rings. The van der Waals surface area contributed by atoms with E-state index in [-0.39, 0.29) is 6.42 Å². The Morgan fingerprint density at radius 2 is 2.07 bits per heavy atom. The zero-order valence-electron chi connectivity index (χ0n) is 17.4. The number of benzene rings is 1. The number of aromatic nitrogens is 2. The molecule has 158 valence electrons. The predicted octanol–water partition coefficient (Wildman–Crippen LogP) is 4.70. The third kappa shape index (κ3) is 6.24. The standard InChI is InChI=1S/C23H33N3O3/c1-2-3-4-5-6-7-14-29-20-8-9-22-21(15-20)19(16-25-13-11-24-18-25)17-26(22)12-10-23(27)28/h8-9,11,13,15,18-19H,2-7,10,12,14,16-17H2,1H3,(H,27,28). The van der Waals surface area contributed by atoms with Gasteiger partial charge in [-0.05, 0) is 30.2 Å². The van der Waals surface area contributed by atoms with Gasteiger partial charge in [-0.2, -0.15) is 0 Å². The Bertz CT molecular complexity index is 761. The van der Waals surface area contributed by atoms with Gasteiger partial charge in [0.05, 0.1) is 19.4 Å². The fraction of sp³-hybridized carbons (Fsp3) is 0.565. The molecule has 2 aromatic rings. The summed E-state index contributed by atoms with van der Waals surface area (Å²) in [6.45, 7) is 5.17. The van der Waals surface area contributed by atoms with E-state index in [4.69, 9.17) is 9.84 Å². The van der Waals surface area contributed by atoms with Crippen LogP contribution < -0.4 is 9.64 Å². The van der Waals surface area contributed by atoms with Crippen molar-refractivity contribution in [1.29, 1.82) is 0 Å². The Hall–Kier alpha value is -2.50. The predicted molar refractivity (Wildman–Crippen MR) is 115 cm³/mol. The van der Waals surface area contributed by atoms with Crippen LogP contribution in [-0.2, 0) is 11.3 Å². The van der Waals surface area contributed by atoms with Crippen molar-refractivity contribution >= 4 is 11.7 Å². The van der Waals surface area contributed by atoms with Gasteiger partial charge in [0.15, 0.2) is 0 Å². The first-order valence-electron chi connectivity index (χ1n) is 10.9. The second-order valence-electron chi connectivity index (χ2n) is 7.88. The zero-order chi connectivity index (χ0) is 20.5. The first kappa shape index (κ1) is 21.2. The molecule has 0 aliphatic carbocycles. The maximum Gasteiger partial charge on any atom is 0.305 e. The highest BCUT2D eigenvalue weighted by atomic mass is 16.5. The number of ether oxygens (including phenoxy) is 1. The number of unbranched alkanes of at least 4 members (excludes halogenated alkanes) is 5. The third-order valence-corrected chi connectivity index (χ3v) is 5.57. The van der Waals surface area contributed by atoms with Crippen LogP contribution in [0.3, 0.4) is 0 Å². The highest BCUT2D eigenvalue weighted by molar-refractivity contribution is 5.69. The van der Waals surface area contributed by atoms with Gasteiger partial charge >= 0.3 is 5.97 Å². The number of carboxylic acid groups (broad SMARTS) is 1. The van der Waals surface area contributed by atoms with Crippen LogP contribution in [0.2, 0.25) is 0 Å². The smallest absolute Gasteiger partial charge is 0.305 e. The van der Waals surface area contributed by atoms with Gasteiger partial charge in [0, 0.05) is 43.6 Å². The summed E-state index contributed by atoms with van der Waals surface area (Å²) < 4.78 is 8.11. The number of rotatable bonds is 13. The lowest BCUT2D eigenvalue weighted by molar-refractivity contribution is -0.136. The highest BCUT2D eigenvalue weighted by Gasteiger charge is 2.29. The molecule has 1 atom stereocenters. The second-order valence-corrected chi connectivity index (χ2v) is 7.88. The van der Waals surface area contributed by atoms with E-state index in [9.17, 15) is 4.79 Å². The molecule has 0 spiro atoms. The summed E-state index contributed by atoms with van der Waals surface area (Å²) in [5.41, 5.74) is 2.37. The van der Waals surface area contributed by atoms with Gasteiger partial charge in [0.2, 0.25) is 0 Å². The van der Waals surface area contributed by atoms with Crippen molar-refractivity contribution in [2.75, 3.05) is 24.6 Å². The zero-order valence-corrected chi connectivity index (χ0v) is 17.4. The minimum absolute atomic E-state index is 0.146. The molecule has 0 bridgehead atoms. The SMILES string of the molecule is CCCCCCCCOc1ccc2c(c1)C(Cn1ccnc1)CN2CCC(=O)O. The van der Waals surface area contributed by atoms with Gasteiger partial charge in [-0.1, -0.05) is 39.0 Å². The second kappa shape index (κ2) is 10.9. The average molecular weight is 400 g/mol. The van der Waals surface area contributed by atoms with E-state index in [1.54, 1.807) is 6.20 Å². The molecule has 0 saturated carbocycles. The van der Waals surface area contributed by atoms with Gasteiger partial charge in [-0.25, -0.2) is 4.98 Å². The number of aliphatic carboxylic acids is 1. The van der Waals surface area contributed by atoms with Gasteiger partial charge in [-0.15, -0.1) is 0 Å². The molecule has 0 saturated heterocycles. The molecule has 1 aliphatic rings. The largest absolute Gasteiger partial charge is 0.494 e. The summed E-state index contributed by atoms with van der Waals surface area (Å²) in [5, 5.41) is 9.07. The monoisotopic (exact) mass is 399 g/mol. The third-order valence-electron chi connectivity index (χ3n) is 5.57. The lowest BCUT2D eigenvalue weighted by Gasteiger charge is -2.19. The number of nitrogens with zero attached hydrogens (tertiary/aromatic N) is 3. The molecule has 1 unspecified atom stereocenters. The minimum atomic E-state index is -0.761. The van der Waals surface area contributed by atoms with Crippen molar-refractivity contribution in [2.45, 2.75) is 64.3 Å². The first-order valence-corrected chi connectivity index (χ1v) is 10.9. The van der Waals surface area contributed by atoms with Gasteiger partial charge < -0.3 is 19.3 Å². The quantitative estimate of drug-likeness (QED) is 0.495. The lowest BCUT2D eigenvalue weighted by atomic mass is 10.0. The topological polar surface area (TPSA) is 67.6 Å². The van der Waals surface area contributed by atoms with Crippen LogP contribution in [0.4, 0.5) is 5.69 Å². The van der Waals surface area contributed by atoms with E-state index in [0.717, 1.165) is 37.6 Å². The van der Waals surface area contributed by atoms with E-state index in [1.807, 2.05) is 18.6 Å². The molecule has 6 heteroatoms. The summed E-state index contributed by atoms with van der Waals surface area (Å²) in [4.78, 5) is 17.4. The maximum atomic E-state index is 11.0.